The number of nitrogens with two attached hydrogens (primary N) is 1. The number of rotatable bonds is 3. The van der Waals surface area contributed by atoms with Crippen molar-refractivity contribution in [3.8, 4) is 5.88 Å². The Balaban J connectivity index is 1.93. The maximum absolute atomic E-state index is 5.54. The number of anilines is 1. The molecule has 1 atom stereocenters. The van der Waals surface area contributed by atoms with Crippen molar-refractivity contribution < 1.29 is 4.74 Å². The Morgan fingerprint density at radius 2 is 2.28 bits per heavy atom. The van der Waals surface area contributed by atoms with Gasteiger partial charge in [0.1, 0.15) is 0 Å². The molecule has 3 heterocycles. The smallest absolute Gasteiger partial charge is 0.235 e. The molecular weight excluding hydrogens is 290 g/mol. The van der Waals surface area contributed by atoms with Crippen molar-refractivity contribution in [2.75, 3.05) is 12.8 Å². The second-order valence-electron chi connectivity index (χ2n) is 3.24. The molecule has 0 saturated carbocycles. The third-order valence-electron chi connectivity index (χ3n) is 2.07. The van der Waals surface area contributed by atoms with Crippen LogP contribution < -0.4 is 10.5 Å². The van der Waals surface area contributed by atoms with E-state index >= 15 is 0 Å². The molecule has 0 aliphatic carbocycles. The minimum atomic E-state index is -0.321. The van der Waals surface area contributed by atoms with Gasteiger partial charge in [0.05, 0.1) is 12.5 Å². The SMILES string of the molecule is COc1ccc2c[s+](Sc3nnc(N)s3)nc2n1. The highest BCUT2D eigenvalue weighted by molar-refractivity contribution is 8.45. The van der Waals surface area contributed by atoms with Gasteiger partial charge >= 0.3 is 0 Å². The fraction of sp³-hybridized carbons (Fsp3) is 0.111. The average molecular weight is 298 g/mol. The first-order valence-electron chi connectivity index (χ1n) is 4.87. The van der Waals surface area contributed by atoms with Gasteiger partial charge in [0.2, 0.25) is 31.8 Å². The lowest BCUT2D eigenvalue weighted by Crippen LogP contribution is -1.86. The second-order valence-corrected chi connectivity index (χ2v) is 7.56. The van der Waals surface area contributed by atoms with Crippen LogP contribution in [0.2, 0.25) is 0 Å². The molecule has 6 nitrogen and oxygen atoms in total. The highest BCUT2D eigenvalue weighted by Gasteiger charge is 2.19. The summed E-state index contributed by atoms with van der Waals surface area (Å²) in [5.41, 5.74) is 6.25. The summed E-state index contributed by atoms with van der Waals surface area (Å²) >= 11 is 1.36. The summed E-state index contributed by atoms with van der Waals surface area (Å²) < 4.78 is 10.4. The molecule has 0 spiro atoms. The van der Waals surface area contributed by atoms with Crippen molar-refractivity contribution in [1.29, 1.82) is 0 Å². The molecule has 92 valence electrons. The minimum absolute atomic E-state index is 0.321. The van der Waals surface area contributed by atoms with Gasteiger partial charge in [-0.3, -0.25) is 0 Å². The zero-order chi connectivity index (χ0) is 12.5. The lowest BCUT2D eigenvalue weighted by molar-refractivity contribution is 0.399. The quantitative estimate of drug-likeness (QED) is 0.586. The van der Waals surface area contributed by atoms with Crippen molar-refractivity contribution >= 4 is 48.0 Å². The van der Waals surface area contributed by atoms with Crippen LogP contribution in [0.5, 0.6) is 5.88 Å². The molecule has 9 heteroatoms. The van der Waals surface area contributed by atoms with Crippen molar-refractivity contribution in [1.82, 2.24) is 19.6 Å². The van der Waals surface area contributed by atoms with Crippen LogP contribution in [0.4, 0.5) is 5.13 Å². The molecular formula is C9H8N5OS3+. The number of hydrogen-bond donors (Lipinski definition) is 1. The third-order valence-corrected chi connectivity index (χ3v) is 6.14. The highest BCUT2D eigenvalue weighted by Crippen LogP contribution is 2.40. The summed E-state index contributed by atoms with van der Waals surface area (Å²) in [5, 5.41) is 11.3. The lowest BCUT2D eigenvalue weighted by Gasteiger charge is -1.93. The number of nitrogens with zero attached hydrogens (tertiary/aromatic N) is 4. The molecule has 3 aromatic heterocycles. The Kier molecular flexibility index (Phi) is 3.02. The van der Waals surface area contributed by atoms with E-state index < -0.39 is 0 Å². The number of fused-ring (bicyclic) bond motifs is 1. The minimum Gasteiger partial charge on any atom is -0.481 e. The Hall–Kier alpha value is -1.45. The fourth-order valence-corrected chi connectivity index (χ4v) is 5.37. The Bertz CT molecular complexity index is 694. The predicted octanol–water partition coefficient (Wildman–Crippen LogP) is 2.38. The standard InChI is InChI=1S/C9H8N5OS3/c1-15-6-3-2-5-4-18(14-7(5)11-6)17-9-13-12-8(10)16-9/h2-4H,1H3,(H2,10,12)/q+1. The Morgan fingerprint density at radius 3 is 3.00 bits per heavy atom. The summed E-state index contributed by atoms with van der Waals surface area (Å²) in [6.07, 6.45) is 0. The van der Waals surface area contributed by atoms with Crippen LogP contribution in [-0.4, -0.2) is 26.7 Å². The van der Waals surface area contributed by atoms with E-state index in [0.29, 0.717) is 16.7 Å². The van der Waals surface area contributed by atoms with Gasteiger partial charge < -0.3 is 10.5 Å². The van der Waals surface area contributed by atoms with E-state index in [-0.39, 0.29) is 9.70 Å². The van der Waals surface area contributed by atoms with Crippen molar-refractivity contribution in [3.05, 3.63) is 17.5 Å². The van der Waals surface area contributed by atoms with Crippen molar-refractivity contribution in [3.63, 3.8) is 0 Å². The predicted molar refractivity (Wildman–Crippen MR) is 74.1 cm³/mol. The summed E-state index contributed by atoms with van der Waals surface area (Å²) in [6.45, 7) is 0. The largest absolute Gasteiger partial charge is 0.481 e. The zero-order valence-electron chi connectivity index (χ0n) is 9.23. The van der Waals surface area contributed by atoms with Crippen LogP contribution in [0.25, 0.3) is 11.0 Å². The molecule has 3 rings (SSSR count). The first-order valence-corrected chi connectivity index (χ1v) is 8.26. The maximum Gasteiger partial charge on any atom is 0.235 e. The van der Waals surface area contributed by atoms with Gasteiger partial charge in [-0.05, 0) is 10.4 Å². The van der Waals surface area contributed by atoms with Gasteiger partial charge in [0.25, 0.3) is 0 Å². The Labute approximate surface area is 113 Å². The molecule has 0 radical (unpaired) electrons. The molecule has 1 unspecified atom stereocenters. The van der Waals surface area contributed by atoms with Crippen LogP contribution in [0.1, 0.15) is 0 Å². The fourth-order valence-electron chi connectivity index (χ4n) is 1.31. The van der Waals surface area contributed by atoms with Crippen LogP contribution in [-0.2, 0) is 0 Å². The van der Waals surface area contributed by atoms with Crippen LogP contribution >= 0.6 is 31.8 Å². The normalized spacial score (nSPS) is 11.9. The molecule has 0 bridgehead atoms. The van der Waals surface area contributed by atoms with Gasteiger partial charge in [-0.25, -0.2) is 0 Å². The molecule has 2 N–H and O–H groups in total. The third kappa shape index (κ3) is 2.24. The second kappa shape index (κ2) is 4.67. The van der Waals surface area contributed by atoms with E-state index in [2.05, 4.69) is 24.9 Å². The molecule has 0 amide bonds. The van der Waals surface area contributed by atoms with Gasteiger partial charge in [-0.1, -0.05) is 11.3 Å². The van der Waals surface area contributed by atoms with E-state index in [1.165, 1.54) is 22.1 Å². The topological polar surface area (TPSA) is 86.8 Å². The van der Waals surface area contributed by atoms with E-state index in [4.69, 9.17) is 10.5 Å². The average Bonchev–Trinajstić information content (AvgIpc) is 2.94. The maximum atomic E-state index is 5.54. The van der Waals surface area contributed by atoms with E-state index in [9.17, 15) is 0 Å². The summed E-state index contributed by atoms with van der Waals surface area (Å²) in [4.78, 5) is 4.28. The van der Waals surface area contributed by atoms with Crippen molar-refractivity contribution in [2.24, 2.45) is 0 Å². The molecule has 3 aromatic rings. The number of nitrogen functional groups attached to an aromatic ring is 1. The van der Waals surface area contributed by atoms with Gasteiger partial charge in [-0.2, -0.15) is 4.98 Å². The van der Waals surface area contributed by atoms with Crippen molar-refractivity contribution in [2.45, 2.75) is 4.34 Å². The van der Waals surface area contributed by atoms with E-state index in [0.717, 1.165) is 9.73 Å². The Morgan fingerprint density at radius 1 is 1.39 bits per heavy atom. The molecule has 0 aliphatic rings. The number of ether oxygens (including phenoxy) is 1. The van der Waals surface area contributed by atoms with Crippen LogP contribution in [0.15, 0.2) is 21.9 Å². The van der Waals surface area contributed by atoms with Gasteiger partial charge in [0.15, 0.2) is 15.1 Å². The molecule has 0 aliphatic heterocycles. The number of pyridine rings is 1. The number of methoxy groups -OCH3 is 1. The summed E-state index contributed by atoms with van der Waals surface area (Å²) in [5.74, 6) is 0.571. The number of aromatic nitrogens is 4. The highest BCUT2D eigenvalue weighted by atomic mass is 33.1. The molecule has 0 saturated heterocycles. The van der Waals surface area contributed by atoms with Gasteiger partial charge in [-0.15, -0.1) is 10.2 Å². The van der Waals surface area contributed by atoms with E-state index in [1.54, 1.807) is 7.11 Å². The monoisotopic (exact) mass is 298 g/mol. The summed E-state index contributed by atoms with van der Waals surface area (Å²) in [6, 6.07) is 3.78. The van der Waals surface area contributed by atoms with E-state index in [1.807, 2.05) is 12.1 Å². The summed E-state index contributed by atoms with van der Waals surface area (Å²) in [7, 11) is 2.80. The lowest BCUT2D eigenvalue weighted by atomic mass is 10.4. The first kappa shape index (κ1) is 11.6. The molecule has 0 aromatic carbocycles. The van der Waals surface area contributed by atoms with Crippen LogP contribution in [0.3, 0.4) is 0 Å². The zero-order valence-corrected chi connectivity index (χ0v) is 11.7. The molecule has 0 fully saturated rings. The van der Waals surface area contributed by atoms with Gasteiger partial charge in [0, 0.05) is 6.07 Å². The number of hydrogen-bond acceptors (Lipinski definition) is 8. The molecule has 18 heavy (non-hydrogen) atoms. The first-order chi connectivity index (χ1) is 8.74. The van der Waals surface area contributed by atoms with Crippen LogP contribution in [0, 0.1) is 0 Å².